The van der Waals surface area contributed by atoms with E-state index in [1.165, 1.54) is 17.8 Å². The fourth-order valence-corrected chi connectivity index (χ4v) is 2.55. The number of benzene rings is 2. The lowest BCUT2D eigenvalue weighted by molar-refractivity contribution is 0.502. The molecule has 0 aliphatic rings. The van der Waals surface area contributed by atoms with E-state index < -0.39 is 11.6 Å². The average molecular weight is 285 g/mol. The molecule has 0 N–H and O–H groups in total. The molecule has 0 amide bonds. The van der Waals surface area contributed by atoms with Crippen LogP contribution in [0.4, 0.5) is 8.78 Å². The summed E-state index contributed by atoms with van der Waals surface area (Å²) in [6, 6.07) is 12.0. The number of rotatable bonds is 4. The molecule has 2 aromatic carbocycles. The van der Waals surface area contributed by atoms with Crippen LogP contribution in [0.1, 0.15) is 11.1 Å². The van der Waals surface area contributed by atoms with Gasteiger partial charge in [0, 0.05) is 22.1 Å². The third-order valence-electron chi connectivity index (χ3n) is 2.50. The fourth-order valence-electron chi connectivity index (χ4n) is 1.50. The van der Waals surface area contributed by atoms with Gasteiger partial charge in [0.2, 0.25) is 0 Å². The first-order chi connectivity index (χ1) is 8.70. The molecule has 0 unspecified atom stereocenters. The quantitative estimate of drug-likeness (QED) is 0.563. The first-order valence-electron chi connectivity index (χ1n) is 5.41. The molecule has 0 heterocycles. The largest absolute Gasteiger partial charge is 0.204 e. The predicted molar refractivity (Wildman–Crippen MR) is 71.9 cm³/mol. The molecular weight excluding hydrogens is 274 g/mol. The first-order valence-corrected chi connectivity index (χ1v) is 6.93. The van der Waals surface area contributed by atoms with E-state index >= 15 is 0 Å². The molecule has 18 heavy (non-hydrogen) atoms. The van der Waals surface area contributed by atoms with Crippen LogP contribution < -0.4 is 0 Å². The van der Waals surface area contributed by atoms with E-state index in [0.29, 0.717) is 17.2 Å². The van der Waals surface area contributed by atoms with Crippen molar-refractivity contribution >= 4 is 23.4 Å². The molecule has 94 valence electrons. The van der Waals surface area contributed by atoms with Crippen molar-refractivity contribution in [3.05, 3.63) is 65.2 Å². The van der Waals surface area contributed by atoms with Gasteiger partial charge in [-0.25, -0.2) is 8.78 Å². The van der Waals surface area contributed by atoms with Gasteiger partial charge in [0.1, 0.15) is 0 Å². The Bertz CT molecular complexity index is 526. The molecule has 0 radical (unpaired) electrons. The highest BCUT2D eigenvalue weighted by molar-refractivity contribution is 7.98. The summed E-state index contributed by atoms with van der Waals surface area (Å²) < 4.78 is 26.4. The van der Waals surface area contributed by atoms with Gasteiger partial charge in [-0.1, -0.05) is 24.3 Å². The van der Waals surface area contributed by atoms with Crippen LogP contribution in [0.25, 0.3) is 0 Å². The first kappa shape index (κ1) is 13.4. The van der Waals surface area contributed by atoms with Gasteiger partial charge < -0.3 is 0 Å². The maximum Gasteiger partial charge on any atom is 0.162 e. The third-order valence-corrected chi connectivity index (χ3v) is 3.87. The Morgan fingerprint density at radius 3 is 2.39 bits per heavy atom. The van der Waals surface area contributed by atoms with Gasteiger partial charge in [-0.3, -0.25) is 0 Å². The van der Waals surface area contributed by atoms with E-state index in [4.69, 9.17) is 11.6 Å². The lowest BCUT2D eigenvalue weighted by Gasteiger charge is -2.04. The summed E-state index contributed by atoms with van der Waals surface area (Å²) in [4.78, 5) is 1.01. The normalized spacial score (nSPS) is 10.6. The Morgan fingerprint density at radius 2 is 1.72 bits per heavy atom. The summed E-state index contributed by atoms with van der Waals surface area (Å²) in [6.07, 6.45) is 0. The Hall–Kier alpha value is -1.06. The Balaban J connectivity index is 2.04. The summed E-state index contributed by atoms with van der Waals surface area (Å²) in [6.45, 7) is 0. The zero-order valence-electron chi connectivity index (χ0n) is 9.50. The lowest BCUT2D eigenvalue weighted by atomic mass is 10.2. The molecule has 0 aliphatic carbocycles. The highest BCUT2D eigenvalue weighted by atomic mass is 35.5. The molecule has 0 bridgehead atoms. The second-order valence-electron chi connectivity index (χ2n) is 3.78. The van der Waals surface area contributed by atoms with Crippen LogP contribution in [0, 0.1) is 11.6 Å². The van der Waals surface area contributed by atoms with Crippen molar-refractivity contribution in [2.24, 2.45) is 0 Å². The van der Waals surface area contributed by atoms with Crippen LogP contribution in [0.15, 0.2) is 47.4 Å². The molecule has 0 saturated heterocycles. The standard InChI is InChI=1S/C14H11ClF2S/c15-8-10-4-6-12(7-5-10)18-9-11-2-1-3-13(16)14(11)17/h1-7H,8-9H2. The molecule has 0 atom stereocenters. The van der Waals surface area contributed by atoms with Crippen molar-refractivity contribution in [1.29, 1.82) is 0 Å². The molecule has 4 heteroatoms. The lowest BCUT2D eigenvalue weighted by Crippen LogP contribution is -1.91. The van der Waals surface area contributed by atoms with Crippen molar-refractivity contribution in [2.75, 3.05) is 0 Å². The van der Waals surface area contributed by atoms with E-state index in [-0.39, 0.29) is 0 Å². The van der Waals surface area contributed by atoms with Crippen LogP contribution in [0.5, 0.6) is 0 Å². The highest BCUT2D eigenvalue weighted by Gasteiger charge is 2.07. The van der Waals surface area contributed by atoms with Crippen molar-refractivity contribution < 1.29 is 8.78 Å². The average Bonchev–Trinajstić information content (AvgIpc) is 2.41. The number of hydrogen-bond acceptors (Lipinski definition) is 1. The number of alkyl halides is 1. The molecular formula is C14H11ClF2S. The number of thioether (sulfide) groups is 1. The van der Waals surface area contributed by atoms with E-state index in [0.717, 1.165) is 16.5 Å². The van der Waals surface area contributed by atoms with E-state index in [1.54, 1.807) is 6.07 Å². The van der Waals surface area contributed by atoms with E-state index in [2.05, 4.69) is 0 Å². The molecule has 2 rings (SSSR count). The minimum Gasteiger partial charge on any atom is -0.204 e. The molecule has 0 fully saturated rings. The summed E-state index contributed by atoms with van der Waals surface area (Å²) >= 11 is 7.16. The third kappa shape index (κ3) is 3.24. The van der Waals surface area contributed by atoms with Gasteiger partial charge in [-0.15, -0.1) is 23.4 Å². The van der Waals surface area contributed by atoms with Gasteiger partial charge in [-0.2, -0.15) is 0 Å². The maximum atomic E-state index is 13.4. The minimum absolute atomic E-state index is 0.376. The summed E-state index contributed by atoms with van der Waals surface area (Å²) in [7, 11) is 0. The Labute approximate surface area is 114 Å². The molecule has 0 spiro atoms. The summed E-state index contributed by atoms with van der Waals surface area (Å²) in [5.41, 5.74) is 1.42. The minimum atomic E-state index is -0.800. The van der Waals surface area contributed by atoms with Crippen molar-refractivity contribution in [1.82, 2.24) is 0 Å². The molecule has 0 nitrogen and oxygen atoms in total. The monoisotopic (exact) mass is 284 g/mol. The van der Waals surface area contributed by atoms with Gasteiger partial charge in [0.15, 0.2) is 11.6 Å². The molecule has 0 aliphatic heterocycles. The zero-order valence-corrected chi connectivity index (χ0v) is 11.1. The number of hydrogen-bond donors (Lipinski definition) is 0. The van der Waals surface area contributed by atoms with Crippen LogP contribution in [0.2, 0.25) is 0 Å². The molecule has 0 saturated carbocycles. The predicted octanol–water partition coefficient (Wildman–Crippen LogP) is 5.00. The van der Waals surface area contributed by atoms with E-state index in [1.807, 2.05) is 24.3 Å². The highest BCUT2D eigenvalue weighted by Crippen LogP contribution is 2.25. The van der Waals surface area contributed by atoms with Gasteiger partial charge >= 0.3 is 0 Å². The van der Waals surface area contributed by atoms with Gasteiger partial charge in [0.05, 0.1) is 0 Å². The smallest absolute Gasteiger partial charge is 0.162 e. The Morgan fingerprint density at radius 1 is 1.00 bits per heavy atom. The fraction of sp³-hybridized carbons (Fsp3) is 0.143. The van der Waals surface area contributed by atoms with Crippen molar-refractivity contribution in [3.8, 4) is 0 Å². The van der Waals surface area contributed by atoms with Crippen molar-refractivity contribution in [3.63, 3.8) is 0 Å². The van der Waals surface area contributed by atoms with Crippen LogP contribution in [-0.4, -0.2) is 0 Å². The number of halogens is 3. The zero-order chi connectivity index (χ0) is 13.0. The molecule has 0 aromatic heterocycles. The summed E-state index contributed by atoms with van der Waals surface area (Å²) in [5.74, 6) is -0.680. The van der Waals surface area contributed by atoms with Crippen LogP contribution in [-0.2, 0) is 11.6 Å². The van der Waals surface area contributed by atoms with E-state index in [9.17, 15) is 8.78 Å². The second kappa shape index (κ2) is 6.21. The maximum absolute atomic E-state index is 13.4. The van der Waals surface area contributed by atoms with Gasteiger partial charge in [-0.05, 0) is 23.8 Å². The van der Waals surface area contributed by atoms with Crippen LogP contribution >= 0.6 is 23.4 Å². The van der Waals surface area contributed by atoms with Gasteiger partial charge in [0.25, 0.3) is 0 Å². The second-order valence-corrected chi connectivity index (χ2v) is 5.10. The summed E-state index contributed by atoms with van der Waals surface area (Å²) in [5, 5.41) is 0. The Kier molecular flexibility index (Phi) is 4.61. The van der Waals surface area contributed by atoms with Crippen molar-refractivity contribution in [2.45, 2.75) is 16.5 Å². The SMILES string of the molecule is Fc1cccc(CSc2ccc(CCl)cc2)c1F. The molecule has 2 aromatic rings. The van der Waals surface area contributed by atoms with Crippen LogP contribution in [0.3, 0.4) is 0 Å². The topological polar surface area (TPSA) is 0 Å².